The van der Waals surface area contributed by atoms with E-state index < -0.39 is 5.92 Å². The lowest BCUT2D eigenvalue weighted by Crippen LogP contribution is -2.52. The zero-order valence-corrected chi connectivity index (χ0v) is 17.8. The number of aromatic nitrogens is 1. The number of ketones is 1. The highest BCUT2D eigenvalue weighted by Gasteiger charge is 2.44. The number of nitrogens with zero attached hydrogens (tertiary/aromatic N) is 4. The molecule has 162 valence electrons. The minimum Gasteiger partial charge on any atom is -0.383 e. The fraction of sp³-hybridized carbons (Fsp3) is 0.320. The molecule has 1 aromatic carbocycles. The van der Waals surface area contributed by atoms with Crippen LogP contribution in [0.15, 0.2) is 77.5 Å². The molecule has 2 N–H and O–H groups in total. The van der Waals surface area contributed by atoms with Gasteiger partial charge in [0.2, 0.25) is 0 Å². The Labute approximate surface area is 187 Å². The Morgan fingerprint density at radius 3 is 2.44 bits per heavy atom. The number of benzene rings is 1. The molecule has 2 aliphatic heterocycles. The largest absolute Gasteiger partial charge is 0.383 e. The summed E-state index contributed by atoms with van der Waals surface area (Å²) in [7, 11) is 0. The number of carbonyl (C=O) groups is 1. The number of rotatable bonds is 3. The maximum absolute atomic E-state index is 13.7. The van der Waals surface area contributed by atoms with Crippen LogP contribution in [0.25, 0.3) is 0 Å². The van der Waals surface area contributed by atoms with Crippen molar-refractivity contribution in [1.29, 1.82) is 5.26 Å². The molecule has 2 unspecified atom stereocenters. The summed E-state index contributed by atoms with van der Waals surface area (Å²) in [5.74, 6) is 0.0666. The van der Waals surface area contributed by atoms with Gasteiger partial charge in [-0.25, -0.2) is 5.01 Å². The second-order valence-electron chi connectivity index (χ2n) is 8.30. The number of hydrazine groups is 1. The molecule has 0 saturated carbocycles. The van der Waals surface area contributed by atoms with Gasteiger partial charge >= 0.3 is 0 Å². The van der Waals surface area contributed by atoms with Crippen molar-refractivity contribution >= 4 is 5.78 Å². The van der Waals surface area contributed by atoms with Crippen molar-refractivity contribution in [2.75, 3.05) is 26.3 Å². The summed E-state index contributed by atoms with van der Waals surface area (Å²) in [5.41, 5.74) is 10.7. The summed E-state index contributed by atoms with van der Waals surface area (Å²) >= 11 is 0. The molecule has 5 rings (SSSR count). The van der Waals surface area contributed by atoms with E-state index >= 15 is 0 Å². The van der Waals surface area contributed by atoms with Crippen LogP contribution in [-0.2, 0) is 9.53 Å². The molecule has 7 nitrogen and oxygen atoms in total. The molecule has 1 aliphatic carbocycles. The zero-order chi connectivity index (χ0) is 22.1. The van der Waals surface area contributed by atoms with Crippen molar-refractivity contribution in [2.24, 2.45) is 5.73 Å². The van der Waals surface area contributed by atoms with Crippen molar-refractivity contribution in [3.63, 3.8) is 0 Å². The number of nitrogens with two attached hydrogens (primary N) is 1. The minimum absolute atomic E-state index is 0.0698. The predicted octanol–water partition coefficient (Wildman–Crippen LogP) is 2.82. The number of pyridine rings is 1. The third-order valence-corrected chi connectivity index (χ3v) is 6.52. The first kappa shape index (κ1) is 20.4. The smallest absolute Gasteiger partial charge is 0.162 e. The number of ether oxygens (including phenoxy) is 1. The van der Waals surface area contributed by atoms with E-state index in [0.29, 0.717) is 56.1 Å². The van der Waals surface area contributed by atoms with Gasteiger partial charge in [0.25, 0.3) is 0 Å². The Morgan fingerprint density at radius 1 is 1.03 bits per heavy atom. The molecule has 1 aromatic heterocycles. The predicted molar refractivity (Wildman–Crippen MR) is 118 cm³/mol. The quantitative estimate of drug-likeness (QED) is 0.805. The highest BCUT2D eigenvalue weighted by molar-refractivity contribution is 6.00. The first-order valence-electron chi connectivity index (χ1n) is 10.9. The van der Waals surface area contributed by atoms with E-state index in [1.165, 1.54) is 0 Å². The molecule has 0 bridgehead atoms. The van der Waals surface area contributed by atoms with E-state index in [1.807, 2.05) is 35.3 Å². The van der Waals surface area contributed by atoms with E-state index in [1.54, 1.807) is 12.4 Å². The second kappa shape index (κ2) is 8.58. The fourth-order valence-corrected chi connectivity index (χ4v) is 5.04. The van der Waals surface area contributed by atoms with Gasteiger partial charge in [-0.05, 0) is 35.6 Å². The van der Waals surface area contributed by atoms with E-state index in [0.717, 1.165) is 16.8 Å². The molecule has 0 amide bonds. The minimum atomic E-state index is -0.473. The van der Waals surface area contributed by atoms with E-state index in [4.69, 9.17) is 10.5 Å². The molecule has 1 fully saturated rings. The maximum Gasteiger partial charge on any atom is 0.162 e. The van der Waals surface area contributed by atoms with Crippen LogP contribution in [0.2, 0.25) is 0 Å². The first-order valence-corrected chi connectivity index (χ1v) is 10.9. The normalized spacial score (nSPS) is 24.3. The Morgan fingerprint density at radius 2 is 1.75 bits per heavy atom. The lowest BCUT2D eigenvalue weighted by atomic mass is 9.72. The van der Waals surface area contributed by atoms with Crippen molar-refractivity contribution in [1.82, 2.24) is 15.0 Å². The highest BCUT2D eigenvalue weighted by Crippen LogP contribution is 2.48. The Hall–Kier alpha value is -3.47. The van der Waals surface area contributed by atoms with Crippen molar-refractivity contribution in [2.45, 2.75) is 24.7 Å². The molecule has 2 aromatic rings. The van der Waals surface area contributed by atoms with Gasteiger partial charge in [0.05, 0.1) is 30.8 Å². The van der Waals surface area contributed by atoms with Gasteiger partial charge in [-0.3, -0.25) is 14.8 Å². The lowest BCUT2D eigenvalue weighted by molar-refractivity contribution is -0.117. The van der Waals surface area contributed by atoms with Gasteiger partial charge in [-0.2, -0.15) is 5.26 Å². The number of nitriles is 1. The SMILES string of the molecule is N#CC1=C(N)N(N2CCOCC2)C2=C(C(=O)CC(c3ccccc3)C2)C1c1ccncc1. The first-order chi connectivity index (χ1) is 15.7. The molecule has 3 heterocycles. The van der Waals surface area contributed by atoms with Crippen LogP contribution in [0, 0.1) is 11.3 Å². The van der Waals surface area contributed by atoms with Crippen molar-refractivity contribution in [3.05, 3.63) is 88.6 Å². The number of hydrogen-bond donors (Lipinski definition) is 1. The van der Waals surface area contributed by atoms with Gasteiger partial charge in [0, 0.05) is 43.2 Å². The molecule has 0 spiro atoms. The molecule has 1 saturated heterocycles. The van der Waals surface area contributed by atoms with E-state index in [-0.39, 0.29) is 11.7 Å². The molecule has 2 atom stereocenters. The summed E-state index contributed by atoms with van der Waals surface area (Å²) in [6.07, 6.45) is 4.48. The van der Waals surface area contributed by atoms with Crippen LogP contribution in [0.5, 0.6) is 0 Å². The summed E-state index contributed by atoms with van der Waals surface area (Å²) in [6.45, 7) is 2.47. The van der Waals surface area contributed by atoms with Gasteiger partial charge in [-0.15, -0.1) is 0 Å². The number of Topliss-reactive ketones (excluding diaryl/α,β-unsaturated/α-hetero) is 1. The van der Waals surface area contributed by atoms with Gasteiger partial charge in [0.15, 0.2) is 5.78 Å². The maximum atomic E-state index is 13.7. The van der Waals surface area contributed by atoms with Crippen LogP contribution >= 0.6 is 0 Å². The topological polar surface area (TPSA) is 95.5 Å². The third kappa shape index (κ3) is 3.48. The van der Waals surface area contributed by atoms with Gasteiger partial charge in [-0.1, -0.05) is 30.3 Å². The average Bonchev–Trinajstić information content (AvgIpc) is 2.85. The lowest BCUT2D eigenvalue weighted by Gasteiger charge is -2.47. The molecule has 3 aliphatic rings. The van der Waals surface area contributed by atoms with E-state index in [2.05, 4.69) is 28.2 Å². The summed E-state index contributed by atoms with van der Waals surface area (Å²) in [5, 5.41) is 14.1. The molecule has 32 heavy (non-hydrogen) atoms. The monoisotopic (exact) mass is 427 g/mol. The van der Waals surface area contributed by atoms with Crippen molar-refractivity contribution in [3.8, 4) is 6.07 Å². The number of morpholine rings is 1. The van der Waals surface area contributed by atoms with Crippen LogP contribution in [0.4, 0.5) is 0 Å². The molecular weight excluding hydrogens is 402 g/mol. The Bertz CT molecular complexity index is 1110. The highest BCUT2D eigenvalue weighted by atomic mass is 16.5. The average molecular weight is 428 g/mol. The second-order valence-corrected chi connectivity index (χ2v) is 8.30. The molecular formula is C25H25N5O2. The summed E-state index contributed by atoms with van der Waals surface area (Å²) in [4.78, 5) is 17.8. The summed E-state index contributed by atoms with van der Waals surface area (Å²) in [6, 6.07) is 16.2. The molecule has 0 radical (unpaired) electrons. The van der Waals surface area contributed by atoms with Crippen LogP contribution in [0.1, 0.15) is 35.8 Å². The van der Waals surface area contributed by atoms with Crippen LogP contribution < -0.4 is 5.73 Å². The van der Waals surface area contributed by atoms with E-state index in [9.17, 15) is 10.1 Å². The zero-order valence-electron chi connectivity index (χ0n) is 17.8. The standard InChI is InChI=1S/C25H25N5O2/c26-16-20-23(18-6-8-28-9-7-18)24-21(30(25(20)27)29-10-12-32-13-11-29)14-19(15-22(24)31)17-4-2-1-3-5-17/h1-9,19,23H,10-15,27H2. The van der Waals surface area contributed by atoms with Crippen molar-refractivity contribution < 1.29 is 9.53 Å². The third-order valence-electron chi connectivity index (χ3n) is 6.52. The number of allylic oxidation sites excluding steroid dienone is 3. The number of hydrogen-bond acceptors (Lipinski definition) is 7. The van der Waals surface area contributed by atoms with Crippen LogP contribution in [-0.4, -0.2) is 47.1 Å². The van der Waals surface area contributed by atoms with Gasteiger partial charge < -0.3 is 10.5 Å². The number of carbonyl (C=O) groups excluding carboxylic acids is 1. The van der Waals surface area contributed by atoms with Crippen LogP contribution in [0.3, 0.4) is 0 Å². The van der Waals surface area contributed by atoms with Gasteiger partial charge in [0.1, 0.15) is 5.82 Å². The molecule has 7 heteroatoms. The summed E-state index contributed by atoms with van der Waals surface area (Å²) < 4.78 is 5.54. The fourth-order valence-electron chi connectivity index (χ4n) is 5.04. The Kier molecular flexibility index (Phi) is 5.48. The Balaban J connectivity index is 1.66.